The molecule has 0 amide bonds. The molecule has 5 heteroatoms. The monoisotopic (exact) mass is 268 g/mol. The molecular weight excluding hydrogens is 260 g/mol. The van der Waals surface area contributed by atoms with E-state index in [0.717, 1.165) is 5.56 Å². The smallest absolute Gasteiger partial charge is 0.258 e. The van der Waals surface area contributed by atoms with Gasteiger partial charge in [0.1, 0.15) is 0 Å². The Morgan fingerprint density at radius 2 is 2.33 bits per heavy atom. The summed E-state index contributed by atoms with van der Waals surface area (Å²) in [6.07, 6.45) is 0.513. The van der Waals surface area contributed by atoms with E-state index in [0.29, 0.717) is 10.9 Å². The number of nitriles is 1. The average molecular weight is 269 g/mol. The van der Waals surface area contributed by atoms with E-state index < -0.39 is 4.92 Å². The maximum Gasteiger partial charge on any atom is 0.283 e. The van der Waals surface area contributed by atoms with Gasteiger partial charge >= 0.3 is 0 Å². The fraction of sp³-hybridized carbons (Fsp3) is 0.300. The Kier molecular flexibility index (Phi) is 3.81. The Morgan fingerprint density at radius 1 is 1.67 bits per heavy atom. The third-order valence-electron chi connectivity index (χ3n) is 2.00. The molecule has 0 aromatic heterocycles. The van der Waals surface area contributed by atoms with E-state index in [1.165, 1.54) is 6.07 Å². The number of nitro benzene ring substituents is 1. The Balaban J connectivity index is 3.06. The summed E-state index contributed by atoms with van der Waals surface area (Å²) < 4.78 is 0.470. The van der Waals surface area contributed by atoms with Crippen molar-refractivity contribution in [2.24, 2.45) is 5.92 Å². The van der Waals surface area contributed by atoms with E-state index in [2.05, 4.69) is 22.0 Å². The van der Waals surface area contributed by atoms with Crippen LogP contribution in [-0.2, 0) is 6.42 Å². The summed E-state index contributed by atoms with van der Waals surface area (Å²) in [5.74, 6) is -0.150. The molecule has 1 unspecified atom stereocenters. The van der Waals surface area contributed by atoms with Gasteiger partial charge in [0, 0.05) is 12.0 Å². The Hall–Kier alpha value is -1.41. The molecule has 4 nitrogen and oxygen atoms in total. The van der Waals surface area contributed by atoms with Crippen LogP contribution in [0.5, 0.6) is 0 Å². The van der Waals surface area contributed by atoms with Crippen molar-refractivity contribution in [1.82, 2.24) is 0 Å². The Bertz CT molecular complexity index is 426. The minimum absolute atomic E-state index is 0.0395. The lowest BCUT2D eigenvalue weighted by atomic mass is 10.0. The summed E-state index contributed by atoms with van der Waals surface area (Å²) in [4.78, 5) is 10.2. The highest BCUT2D eigenvalue weighted by atomic mass is 79.9. The van der Waals surface area contributed by atoms with Crippen LogP contribution in [0.3, 0.4) is 0 Å². The molecule has 0 aliphatic heterocycles. The van der Waals surface area contributed by atoms with Gasteiger partial charge in [0.25, 0.3) is 5.69 Å². The summed E-state index contributed by atoms with van der Waals surface area (Å²) in [5, 5.41) is 19.3. The SMILES string of the molecule is CC(C#N)Cc1cccc([N+](=O)[O-])c1Br. The molecule has 0 aliphatic rings. The van der Waals surface area contributed by atoms with Gasteiger partial charge in [-0.15, -0.1) is 0 Å². The lowest BCUT2D eigenvalue weighted by Gasteiger charge is -2.05. The highest BCUT2D eigenvalue weighted by Gasteiger charge is 2.15. The lowest BCUT2D eigenvalue weighted by molar-refractivity contribution is -0.385. The van der Waals surface area contributed by atoms with Gasteiger partial charge in [-0.05, 0) is 34.8 Å². The summed E-state index contributed by atoms with van der Waals surface area (Å²) in [6, 6.07) is 6.94. The highest BCUT2D eigenvalue weighted by Crippen LogP contribution is 2.29. The van der Waals surface area contributed by atoms with Gasteiger partial charge in [-0.25, -0.2) is 0 Å². The normalized spacial score (nSPS) is 11.8. The van der Waals surface area contributed by atoms with Crippen LogP contribution in [0, 0.1) is 27.4 Å². The van der Waals surface area contributed by atoms with E-state index in [1.54, 1.807) is 19.1 Å². The van der Waals surface area contributed by atoms with Crippen molar-refractivity contribution in [3.8, 4) is 6.07 Å². The van der Waals surface area contributed by atoms with Gasteiger partial charge < -0.3 is 0 Å². The number of rotatable bonds is 3. The molecule has 0 N–H and O–H groups in total. The van der Waals surface area contributed by atoms with Crippen molar-refractivity contribution in [1.29, 1.82) is 5.26 Å². The average Bonchev–Trinajstić information content (AvgIpc) is 2.20. The molecule has 0 spiro atoms. The molecule has 0 bridgehead atoms. The summed E-state index contributed by atoms with van der Waals surface area (Å²) >= 11 is 3.19. The van der Waals surface area contributed by atoms with Crippen molar-refractivity contribution >= 4 is 21.6 Å². The zero-order valence-electron chi connectivity index (χ0n) is 8.11. The molecular formula is C10H9BrN2O2. The zero-order valence-corrected chi connectivity index (χ0v) is 9.69. The predicted octanol–water partition coefficient (Wildman–Crippen LogP) is 3.06. The largest absolute Gasteiger partial charge is 0.283 e. The quantitative estimate of drug-likeness (QED) is 0.625. The molecule has 1 aromatic rings. The van der Waals surface area contributed by atoms with Crippen LogP contribution in [0.2, 0.25) is 0 Å². The minimum Gasteiger partial charge on any atom is -0.258 e. The van der Waals surface area contributed by atoms with Gasteiger partial charge in [-0.1, -0.05) is 12.1 Å². The fourth-order valence-electron chi connectivity index (χ4n) is 1.24. The number of hydrogen-bond donors (Lipinski definition) is 0. The van der Waals surface area contributed by atoms with Crippen LogP contribution in [0.4, 0.5) is 5.69 Å². The molecule has 0 saturated carbocycles. The van der Waals surface area contributed by atoms with Gasteiger partial charge in [-0.3, -0.25) is 10.1 Å². The van der Waals surface area contributed by atoms with Crippen LogP contribution < -0.4 is 0 Å². The van der Waals surface area contributed by atoms with Crippen LogP contribution in [0.1, 0.15) is 12.5 Å². The first-order chi connectivity index (χ1) is 7.06. The standard InChI is InChI=1S/C10H9BrN2O2/c1-7(6-12)5-8-3-2-4-9(10(8)11)13(14)15/h2-4,7H,5H2,1H3. The molecule has 15 heavy (non-hydrogen) atoms. The Morgan fingerprint density at radius 3 is 2.87 bits per heavy atom. The van der Waals surface area contributed by atoms with Crippen LogP contribution in [0.15, 0.2) is 22.7 Å². The first-order valence-corrected chi connectivity index (χ1v) is 5.17. The first-order valence-electron chi connectivity index (χ1n) is 4.37. The summed E-state index contributed by atoms with van der Waals surface area (Å²) in [6.45, 7) is 1.78. The summed E-state index contributed by atoms with van der Waals surface area (Å²) in [5.41, 5.74) is 0.830. The van der Waals surface area contributed by atoms with Gasteiger partial charge in [0.15, 0.2) is 0 Å². The predicted molar refractivity (Wildman–Crippen MR) is 59.3 cm³/mol. The molecule has 1 rings (SSSR count). The number of nitrogens with zero attached hydrogens (tertiary/aromatic N) is 2. The van der Waals surface area contributed by atoms with E-state index in [4.69, 9.17) is 5.26 Å². The number of nitro groups is 1. The summed E-state index contributed by atoms with van der Waals surface area (Å²) in [7, 11) is 0. The highest BCUT2D eigenvalue weighted by molar-refractivity contribution is 9.10. The van der Waals surface area contributed by atoms with Crippen LogP contribution in [0.25, 0.3) is 0 Å². The molecule has 0 radical (unpaired) electrons. The molecule has 0 saturated heterocycles. The third-order valence-corrected chi connectivity index (χ3v) is 2.92. The van der Waals surface area contributed by atoms with Crippen molar-refractivity contribution in [2.75, 3.05) is 0 Å². The molecule has 1 aromatic carbocycles. The first kappa shape index (κ1) is 11.7. The maximum atomic E-state index is 10.6. The van der Waals surface area contributed by atoms with Gasteiger partial charge in [0.05, 0.1) is 15.5 Å². The molecule has 1 atom stereocenters. The van der Waals surface area contributed by atoms with Gasteiger partial charge in [-0.2, -0.15) is 5.26 Å². The zero-order chi connectivity index (χ0) is 11.4. The topological polar surface area (TPSA) is 66.9 Å². The second-order valence-corrected chi connectivity index (χ2v) is 4.03. The van der Waals surface area contributed by atoms with E-state index >= 15 is 0 Å². The molecule has 78 valence electrons. The van der Waals surface area contributed by atoms with Crippen molar-refractivity contribution in [3.63, 3.8) is 0 Å². The van der Waals surface area contributed by atoms with Crippen molar-refractivity contribution in [2.45, 2.75) is 13.3 Å². The number of benzene rings is 1. The lowest BCUT2D eigenvalue weighted by Crippen LogP contribution is -1.99. The Labute approximate surface area is 95.8 Å². The van der Waals surface area contributed by atoms with E-state index in [1.807, 2.05) is 0 Å². The van der Waals surface area contributed by atoms with Crippen LogP contribution >= 0.6 is 15.9 Å². The molecule has 0 fully saturated rings. The third kappa shape index (κ3) is 2.77. The van der Waals surface area contributed by atoms with Crippen LogP contribution in [-0.4, -0.2) is 4.92 Å². The van der Waals surface area contributed by atoms with Crippen molar-refractivity contribution < 1.29 is 4.92 Å². The van der Waals surface area contributed by atoms with E-state index in [-0.39, 0.29) is 11.6 Å². The molecule has 0 aliphatic carbocycles. The number of hydrogen-bond acceptors (Lipinski definition) is 3. The fourth-order valence-corrected chi connectivity index (χ4v) is 1.81. The minimum atomic E-state index is -0.440. The second-order valence-electron chi connectivity index (χ2n) is 3.24. The molecule has 0 heterocycles. The van der Waals surface area contributed by atoms with Crippen molar-refractivity contribution in [3.05, 3.63) is 38.3 Å². The van der Waals surface area contributed by atoms with Gasteiger partial charge in [0.2, 0.25) is 0 Å². The maximum absolute atomic E-state index is 10.6. The number of halogens is 1. The van der Waals surface area contributed by atoms with E-state index in [9.17, 15) is 10.1 Å². The second kappa shape index (κ2) is 4.89.